The summed E-state index contributed by atoms with van der Waals surface area (Å²) in [4.78, 5) is 26.0. The van der Waals surface area contributed by atoms with E-state index >= 15 is 0 Å². The predicted molar refractivity (Wildman–Crippen MR) is 122 cm³/mol. The zero-order chi connectivity index (χ0) is 23.8. The second kappa shape index (κ2) is 10.9. The van der Waals surface area contributed by atoms with Crippen molar-refractivity contribution in [3.05, 3.63) is 75.1 Å². The summed E-state index contributed by atoms with van der Waals surface area (Å²) in [6, 6.07) is 10.4. The van der Waals surface area contributed by atoms with Gasteiger partial charge in [0.15, 0.2) is 0 Å². The Hall–Kier alpha value is -3.44. The van der Waals surface area contributed by atoms with Gasteiger partial charge in [-0.3, -0.25) is 9.59 Å². The first-order valence-electron chi connectivity index (χ1n) is 9.27. The van der Waals surface area contributed by atoms with E-state index in [1.165, 1.54) is 40.9 Å². The van der Waals surface area contributed by atoms with Crippen LogP contribution in [0, 0.1) is 0 Å². The van der Waals surface area contributed by atoms with E-state index in [9.17, 15) is 27.2 Å². The van der Waals surface area contributed by atoms with Gasteiger partial charge in [-0.1, -0.05) is 12.1 Å². The summed E-state index contributed by atoms with van der Waals surface area (Å²) >= 11 is 2.80. The van der Waals surface area contributed by atoms with Gasteiger partial charge in [-0.2, -0.15) is 17.6 Å². The number of rotatable bonds is 9. The van der Waals surface area contributed by atoms with Gasteiger partial charge < -0.3 is 15.4 Å². The molecule has 0 atom stereocenters. The molecule has 2 N–H and O–H groups in total. The van der Waals surface area contributed by atoms with Gasteiger partial charge in [0, 0.05) is 27.6 Å². The van der Waals surface area contributed by atoms with E-state index in [0.29, 0.717) is 0 Å². The molecule has 0 spiro atoms. The molecule has 1 aromatic carbocycles. The van der Waals surface area contributed by atoms with Crippen molar-refractivity contribution in [2.75, 3.05) is 10.6 Å². The fourth-order valence-electron chi connectivity index (χ4n) is 2.43. The van der Waals surface area contributed by atoms with Crippen LogP contribution in [0.15, 0.2) is 65.4 Å². The minimum atomic E-state index is -4.78. The van der Waals surface area contributed by atoms with Gasteiger partial charge in [-0.15, -0.1) is 22.7 Å². The molecule has 2 amide bonds. The molecule has 172 valence electrons. The lowest BCUT2D eigenvalue weighted by Crippen LogP contribution is -2.33. The number of anilines is 2. The highest BCUT2D eigenvalue weighted by atomic mass is 32.1. The Labute approximate surface area is 194 Å². The normalized spacial score (nSPS) is 11.9. The van der Waals surface area contributed by atoms with Crippen molar-refractivity contribution < 1.29 is 31.9 Å². The van der Waals surface area contributed by atoms with Crippen LogP contribution in [0.25, 0.3) is 12.2 Å². The second-order valence-corrected chi connectivity index (χ2v) is 8.31. The fourth-order valence-corrected chi connectivity index (χ4v) is 3.67. The van der Waals surface area contributed by atoms with Gasteiger partial charge in [-0.05, 0) is 53.2 Å². The zero-order valence-corrected chi connectivity index (χ0v) is 18.3. The van der Waals surface area contributed by atoms with Crippen LogP contribution in [0.5, 0.6) is 5.75 Å². The van der Waals surface area contributed by atoms with Crippen LogP contribution in [0.3, 0.4) is 0 Å². The number of nitrogens with one attached hydrogen (secondary N) is 2. The largest absolute Gasteiger partial charge is 0.461 e. The molecule has 0 saturated heterocycles. The molecule has 0 bridgehead atoms. The van der Waals surface area contributed by atoms with Crippen molar-refractivity contribution in [3.63, 3.8) is 0 Å². The lowest BCUT2D eigenvalue weighted by atomic mass is 10.2. The Balaban J connectivity index is 1.79. The van der Waals surface area contributed by atoms with Gasteiger partial charge in [0.25, 0.3) is 0 Å². The summed E-state index contributed by atoms with van der Waals surface area (Å²) in [5.74, 6) is -1.93. The molecule has 33 heavy (non-hydrogen) atoms. The number of benzene rings is 1. The van der Waals surface area contributed by atoms with Crippen LogP contribution in [0.1, 0.15) is 9.75 Å². The third-order valence-electron chi connectivity index (χ3n) is 3.89. The molecule has 2 heterocycles. The van der Waals surface area contributed by atoms with Crippen LogP contribution in [-0.4, -0.2) is 24.3 Å². The number of hydrogen-bond acceptors (Lipinski definition) is 5. The van der Waals surface area contributed by atoms with E-state index in [1.54, 1.807) is 29.7 Å². The van der Waals surface area contributed by atoms with Crippen molar-refractivity contribution in [1.82, 2.24) is 0 Å². The predicted octanol–water partition coefficient (Wildman–Crippen LogP) is 6.35. The monoisotopic (exact) mass is 496 g/mol. The standard InChI is InChI=1S/C22H16F4N2O3S2/c23-21(24)22(25,26)31-18-8-5-14(27-19(29)9-6-15-3-1-11-32-15)13-17(18)28-20(30)10-7-16-4-2-12-33-16/h1-13,21H,(H,27,29)(H,28,30). The maximum absolute atomic E-state index is 13.5. The number of amides is 2. The molecule has 0 saturated carbocycles. The molecule has 0 radical (unpaired) electrons. The highest BCUT2D eigenvalue weighted by molar-refractivity contribution is 7.11. The number of halogens is 4. The minimum absolute atomic E-state index is 0.126. The van der Waals surface area contributed by atoms with E-state index in [0.717, 1.165) is 28.0 Å². The summed E-state index contributed by atoms with van der Waals surface area (Å²) < 4.78 is 56.2. The van der Waals surface area contributed by atoms with Crippen LogP contribution >= 0.6 is 22.7 Å². The number of carbonyl (C=O) groups excluding carboxylic acids is 2. The Morgan fingerprint density at radius 3 is 2.00 bits per heavy atom. The van der Waals surface area contributed by atoms with E-state index in [4.69, 9.17) is 0 Å². The Bertz CT molecular complexity index is 1140. The highest BCUT2D eigenvalue weighted by Crippen LogP contribution is 2.34. The van der Waals surface area contributed by atoms with Crippen molar-refractivity contribution >= 4 is 58.0 Å². The first-order chi connectivity index (χ1) is 15.7. The Morgan fingerprint density at radius 1 is 0.909 bits per heavy atom. The lowest BCUT2D eigenvalue weighted by molar-refractivity contribution is -0.252. The first-order valence-corrected chi connectivity index (χ1v) is 11.0. The molecule has 0 unspecified atom stereocenters. The number of thiophene rings is 2. The van der Waals surface area contributed by atoms with Crippen LogP contribution in [-0.2, 0) is 9.59 Å². The Morgan fingerprint density at radius 2 is 1.48 bits per heavy atom. The lowest BCUT2D eigenvalue weighted by Gasteiger charge is -2.19. The van der Waals surface area contributed by atoms with Gasteiger partial charge in [0.05, 0.1) is 5.69 Å². The maximum Gasteiger partial charge on any atom is 0.461 e. The van der Waals surface area contributed by atoms with E-state index in [2.05, 4.69) is 15.4 Å². The zero-order valence-electron chi connectivity index (χ0n) is 16.6. The van der Waals surface area contributed by atoms with Crippen molar-refractivity contribution in [1.29, 1.82) is 0 Å². The first kappa shape index (κ1) is 24.2. The average Bonchev–Trinajstić information content (AvgIpc) is 3.46. The molecule has 3 rings (SSSR count). The number of alkyl halides is 4. The van der Waals surface area contributed by atoms with Crippen molar-refractivity contribution in [2.45, 2.75) is 12.5 Å². The third-order valence-corrected chi connectivity index (χ3v) is 5.56. The van der Waals surface area contributed by atoms with Crippen LogP contribution in [0.2, 0.25) is 0 Å². The molecule has 0 fully saturated rings. The summed E-state index contributed by atoms with van der Waals surface area (Å²) in [5.41, 5.74) is -0.197. The van der Waals surface area contributed by atoms with E-state index in [-0.39, 0.29) is 11.4 Å². The number of hydrogen-bond donors (Lipinski definition) is 2. The second-order valence-electron chi connectivity index (χ2n) is 6.35. The molecular formula is C22H16F4N2O3S2. The van der Waals surface area contributed by atoms with Gasteiger partial charge in [0.2, 0.25) is 11.8 Å². The molecular weight excluding hydrogens is 480 g/mol. The quantitative estimate of drug-likeness (QED) is 0.268. The SMILES string of the molecule is O=C(C=Cc1cccs1)Nc1ccc(OC(F)(F)C(F)F)c(NC(=O)C=Cc2cccs2)c1. The highest BCUT2D eigenvalue weighted by Gasteiger charge is 2.44. The van der Waals surface area contributed by atoms with Gasteiger partial charge in [-0.25, -0.2) is 0 Å². The van der Waals surface area contributed by atoms with Crippen molar-refractivity contribution in [2.24, 2.45) is 0 Å². The summed E-state index contributed by atoms with van der Waals surface area (Å²) in [6.45, 7) is 0. The van der Waals surface area contributed by atoms with E-state index in [1.807, 2.05) is 11.4 Å². The summed E-state index contributed by atoms with van der Waals surface area (Å²) in [6.07, 6.45) is -3.37. The molecule has 0 aliphatic carbocycles. The van der Waals surface area contributed by atoms with Crippen LogP contribution < -0.4 is 15.4 Å². The topological polar surface area (TPSA) is 67.4 Å². The molecule has 0 aliphatic rings. The molecule has 11 heteroatoms. The van der Waals surface area contributed by atoms with Crippen molar-refractivity contribution in [3.8, 4) is 5.75 Å². The average molecular weight is 497 g/mol. The summed E-state index contributed by atoms with van der Waals surface area (Å²) in [5, 5.41) is 8.46. The molecule has 2 aromatic heterocycles. The van der Waals surface area contributed by atoms with Gasteiger partial charge >= 0.3 is 12.5 Å². The van der Waals surface area contributed by atoms with Gasteiger partial charge in [0.1, 0.15) is 5.75 Å². The number of ether oxygens (including phenoxy) is 1. The summed E-state index contributed by atoms with van der Waals surface area (Å²) in [7, 11) is 0. The minimum Gasteiger partial charge on any atom is -0.426 e. The van der Waals surface area contributed by atoms with E-state index < -0.39 is 30.1 Å². The molecule has 5 nitrogen and oxygen atoms in total. The molecule has 0 aliphatic heterocycles. The van der Waals surface area contributed by atoms with Crippen LogP contribution in [0.4, 0.5) is 28.9 Å². The third kappa shape index (κ3) is 7.29. The fraction of sp³-hybridized carbons (Fsp3) is 0.0909. The number of carbonyl (C=O) groups is 2. The maximum atomic E-state index is 13.5. The Kier molecular flexibility index (Phi) is 8.01. The molecule has 3 aromatic rings. The smallest absolute Gasteiger partial charge is 0.426 e.